The largest absolute Gasteiger partial charge is 0.350 e. The van der Waals surface area contributed by atoms with Gasteiger partial charge in [0.05, 0.1) is 12.7 Å². The zero-order valence-electron chi connectivity index (χ0n) is 9.58. The fraction of sp³-hybridized carbons (Fsp3) is 0.833. The first-order valence-corrected chi connectivity index (χ1v) is 5.48. The zero-order valence-corrected chi connectivity index (χ0v) is 9.58. The lowest BCUT2D eigenvalue weighted by atomic mass is 9.98. The van der Waals surface area contributed by atoms with Gasteiger partial charge in [-0.3, -0.25) is 0 Å². The van der Waals surface area contributed by atoms with Crippen molar-refractivity contribution in [1.82, 2.24) is 0 Å². The molecular formula is C12H22O2. The third-order valence-electron chi connectivity index (χ3n) is 2.66. The summed E-state index contributed by atoms with van der Waals surface area (Å²) in [6.45, 7) is 10.7. The van der Waals surface area contributed by atoms with Gasteiger partial charge in [-0.25, -0.2) is 0 Å². The van der Waals surface area contributed by atoms with Crippen LogP contribution < -0.4 is 0 Å². The molecule has 2 heteroatoms. The lowest BCUT2D eigenvalue weighted by Gasteiger charge is -2.40. The van der Waals surface area contributed by atoms with Gasteiger partial charge in [0.2, 0.25) is 0 Å². The van der Waals surface area contributed by atoms with Gasteiger partial charge in [0.25, 0.3) is 0 Å². The quantitative estimate of drug-likeness (QED) is 0.510. The van der Waals surface area contributed by atoms with Crippen LogP contribution in [-0.2, 0) is 9.47 Å². The van der Waals surface area contributed by atoms with Crippen LogP contribution in [0, 0.1) is 5.92 Å². The van der Waals surface area contributed by atoms with Crippen molar-refractivity contribution in [3.8, 4) is 0 Å². The molecule has 0 aromatic heterocycles. The maximum atomic E-state index is 5.88. The Balaban J connectivity index is 2.36. The summed E-state index contributed by atoms with van der Waals surface area (Å²) in [5.74, 6) is 0.110. The fourth-order valence-electron chi connectivity index (χ4n) is 1.76. The van der Waals surface area contributed by atoms with Crippen LogP contribution in [0.5, 0.6) is 0 Å². The van der Waals surface area contributed by atoms with E-state index in [2.05, 4.69) is 13.5 Å². The summed E-state index contributed by atoms with van der Waals surface area (Å²) in [6.07, 6.45) is 5.66. The average molecular weight is 198 g/mol. The first kappa shape index (κ1) is 11.7. The molecule has 1 heterocycles. The molecule has 1 fully saturated rings. The minimum absolute atomic E-state index is 0.346. The van der Waals surface area contributed by atoms with Crippen molar-refractivity contribution < 1.29 is 9.47 Å². The minimum Gasteiger partial charge on any atom is -0.350 e. The normalized spacial score (nSPS) is 31.4. The molecule has 82 valence electrons. The Hall–Kier alpha value is -0.340. The van der Waals surface area contributed by atoms with Crippen LogP contribution in [0.25, 0.3) is 0 Å². The van der Waals surface area contributed by atoms with Gasteiger partial charge in [-0.1, -0.05) is 13.0 Å². The predicted octanol–water partition coefficient (Wildman–Crippen LogP) is 3.13. The standard InChI is InChI=1S/C12H22O2/c1-5-6-7-8-11-10(2)9-13-12(3,4)14-11/h5,10-11H,1,6-9H2,2-4H3/t10-,11+/m0/s1. The van der Waals surface area contributed by atoms with E-state index in [0.717, 1.165) is 25.9 Å². The van der Waals surface area contributed by atoms with Crippen molar-refractivity contribution in [2.24, 2.45) is 5.92 Å². The Morgan fingerprint density at radius 2 is 2.21 bits per heavy atom. The molecule has 0 aromatic carbocycles. The van der Waals surface area contributed by atoms with E-state index in [-0.39, 0.29) is 0 Å². The molecule has 0 aromatic rings. The maximum absolute atomic E-state index is 5.88. The van der Waals surface area contributed by atoms with Crippen molar-refractivity contribution >= 4 is 0 Å². The number of ether oxygens (including phenoxy) is 2. The monoisotopic (exact) mass is 198 g/mol. The molecular weight excluding hydrogens is 176 g/mol. The average Bonchev–Trinajstić information content (AvgIpc) is 2.11. The molecule has 0 bridgehead atoms. The fourth-order valence-corrected chi connectivity index (χ4v) is 1.76. The highest BCUT2D eigenvalue weighted by Gasteiger charge is 2.33. The minimum atomic E-state index is -0.397. The molecule has 0 N–H and O–H groups in total. The van der Waals surface area contributed by atoms with Gasteiger partial charge in [0.1, 0.15) is 0 Å². The van der Waals surface area contributed by atoms with Crippen molar-refractivity contribution in [2.45, 2.75) is 51.9 Å². The zero-order chi connectivity index (χ0) is 10.6. The Kier molecular flexibility index (Phi) is 4.14. The van der Waals surface area contributed by atoms with Gasteiger partial charge in [-0.2, -0.15) is 0 Å². The van der Waals surface area contributed by atoms with E-state index in [0.29, 0.717) is 12.0 Å². The second-order valence-electron chi connectivity index (χ2n) is 4.56. The molecule has 0 radical (unpaired) electrons. The molecule has 1 rings (SSSR count). The van der Waals surface area contributed by atoms with E-state index >= 15 is 0 Å². The van der Waals surface area contributed by atoms with E-state index < -0.39 is 5.79 Å². The van der Waals surface area contributed by atoms with Gasteiger partial charge >= 0.3 is 0 Å². The first-order valence-electron chi connectivity index (χ1n) is 5.48. The summed E-state index contributed by atoms with van der Waals surface area (Å²) < 4.78 is 11.4. The third-order valence-corrected chi connectivity index (χ3v) is 2.66. The van der Waals surface area contributed by atoms with Crippen LogP contribution in [0.1, 0.15) is 40.0 Å². The summed E-state index contributed by atoms with van der Waals surface area (Å²) in [5, 5.41) is 0. The van der Waals surface area contributed by atoms with Gasteiger partial charge in [0.15, 0.2) is 5.79 Å². The summed E-state index contributed by atoms with van der Waals surface area (Å²) in [6, 6.07) is 0. The lowest BCUT2D eigenvalue weighted by molar-refractivity contribution is -0.291. The number of hydrogen-bond donors (Lipinski definition) is 0. The molecule has 0 amide bonds. The van der Waals surface area contributed by atoms with Gasteiger partial charge in [0, 0.05) is 5.92 Å². The summed E-state index contributed by atoms with van der Waals surface area (Å²) in [5.41, 5.74) is 0. The van der Waals surface area contributed by atoms with Crippen LogP contribution >= 0.6 is 0 Å². The Morgan fingerprint density at radius 1 is 1.50 bits per heavy atom. The molecule has 1 aliphatic heterocycles. The van der Waals surface area contributed by atoms with Crippen LogP contribution in [-0.4, -0.2) is 18.5 Å². The molecule has 0 spiro atoms. The Labute approximate surface area is 87.3 Å². The van der Waals surface area contributed by atoms with E-state index in [1.165, 1.54) is 0 Å². The molecule has 0 unspecified atom stereocenters. The van der Waals surface area contributed by atoms with E-state index in [1.807, 2.05) is 19.9 Å². The van der Waals surface area contributed by atoms with Crippen molar-refractivity contribution in [1.29, 1.82) is 0 Å². The number of rotatable bonds is 4. The van der Waals surface area contributed by atoms with Crippen LogP contribution in [0.3, 0.4) is 0 Å². The molecule has 1 aliphatic rings. The van der Waals surface area contributed by atoms with Crippen molar-refractivity contribution in [2.75, 3.05) is 6.61 Å². The molecule has 0 saturated carbocycles. The topological polar surface area (TPSA) is 18.5 Å². The number of allylic oxidation sites excluding steroid dienone is 1. The third kappa shape index (κ3) is 3.43. The summed E-state index contributed by atoms with van der Waals surface area (Å²) >= 11 is 0. The van der Waals surface area contributed by atoms with E-state index in [1.54, 1.807) is 0 Å². The van der Waals surface area contributed by atoms with E-state index in [9.17, 15) is 0 Å². The van der Waals surface area contributed by atoms with Crippen molar-refractivity contribution in [3.63, 3.8) is 0 Å². The SMILES string of the molecule is C=CCCC[C@H]1OC(C)(C)OC[C@@H]1C. The van der Waals surface area contributed by atoms with Gasteiger partial charge in [-0.05, 0) is 33.1 Å². The molecule has 2 atom stereocenters. The molecule has 1 saturated heterocycles. The molecule has 2 nitrogen and oxygen atoms in total. The van der Waals surface area contributed by atoms with Crippen molar-refractivity contribution in [3.05, 3.63) is 12.7 Å². The van der Waals surface area contributed by atoms with Gasteiger partial charge in [-0.15, -0.1) is 6.58 Å². The number of unbranched alkanes of at least 4 members (excludes halogenated alkanes) is 1. The Morgan fingerprint density at radius 3 is 2.86 bits per heavy atom. The second-order valence-corrected chi connectivity index (χ2v) is 4.56. The van der Waals surface area contributed by atoms with Gasteiger partial charge < -0.3 is 9.47 Å². The molecule has 14 heavy (non-hydrogen) atoms. The van der Waals surface area contributed by atoms with Crippen LogP contribution in [0.15, 0.2) is 12.7 Å². The summed E-state index contributed by atoms with van der Waals surface area (Å²) in [4.78, 5) is 0. The number of hydrogen-bond acceptors (Lipinski definition) is 2. The highest BCUT2D eigenvalue weighted by Crippen LogP contribution is 2.28. The Bertz CT molecular complexity index is 187. The summed E-state index contributed by atoms with van der Waals surface area (Å²) in [7, 11) is 0. The predicted molar refractivity (Wildman–Crippen MR) is 58.1 cm³/mol. The first-order chi connectivity index (χ1) is 6.55. The second kappa shape index (κ2) is 4.94. The van der Waals surface area contributed by atoms with Crippen LogP contribution in [0.2, 0.25) is 0 Å². The molecule has 0 aliphatic carbocycles. The van der Waals surface area contributed by atoms with Crippen LogP contribution in [0.4, 0.5) is 0 Å². The lowest BCUT2D eigenvalue weighted by Crippen LogP contribution is -2.44. The maximum Gasteiger partial charge on any atom is 0.163 e. The highest BCUT2D eigenvalue weighted by molar-refractivity contribution is 4.76. The smallest absolute Gasteiger partial charge is 0.163 e. The highest BCUT2D eigenvalue weighted by atomic mass is 16.7. The van der Waals surface area contributed by atoms with E-state index in [4.69, 9.17) is 9.47 Å².